The highest BCUT2D eigenvalue weighted by atomic mass is 35.5. The summed E-state index contributed by atoms with van der Waals surface area (Å²) in [6.07, 6.45) is 0. The molecule has 0 amide bonds. The summed E-state index contributed by atoms with van der Waals surface area (Å²) in [6.45, 7) is 2.52. The smallest absolute Gasteiger partial charge is 0.350 e. The Kier molecular flexibility index (Phi) is 6.13. The number of aliphatic carboxylic acids is 1. The number of nitrogens with zero attached hydrogens (tertiary/aromatic N) is 3. The number of nitrogen functional groups attached to an aromatic ring is 1. The van der Waals surface area contributed by atoms with Gasteiger partial charge in [-0.15, -0.1) is 12.4 Å². The van der Waals surface area contributed by atoms with Gasteiger partial charge < -0.3 is 15.7 Å². The van der Waals surface area contributed by atoms with Crippen LogP contribution in [0.5, 0.6) is 0 Å². The lowest BCUT2D eigenvalue weighted by atomic mass is 10.1. The molecule has 8 nitrogen and oxygen atoms in total. The van der Waals surface area contributed by atoms with E-state index < -0.39 is 22.5 Å². The van der Waals surface area contributed by atoms with Gasteiger partial charge in [-0.25, -0.2) is 4.79 Å². The van der Waals surface area contributed by atoms with Gasteiger partial charge >= 0.3 is 5.97 Å². The van der Waals surface area contributed by atoms with Crippen LogP contribution in [0, 0.1) is 0 Å². The second kappa shape index (κ2) is 6.64. The van der Waals surface area contributed by atoms with Crippen molar-refractivity contribution in [2.75, 3.05) is 5.73 Å². The number of carboxylic acid groups (broad SMARTS) is 1. The predicted molar refractivity (Wildman–Crippen MR) is 71.8 cm³/mol. The van der Waals surface area contributed by atoms with E-state index in [1.807, 2.05) is 0 Å². The molecule has 11 heteroatoms. The molecule has 0 spiro atoms. The summed E-state index contributed by atoms with van der Waals surface area (Å²) < 4.78 is 3.72. The van der Waals surface area contributed by atoms with Crippen LogP contribution in [0.1, 0.15) is 19.7 Å². The fraction of sp³-hybridized carbons (Fsp3) is 0.375. The van der Waals surface area contributed by atoms with Gasteiger partial charge in [-0.1, -0.05) is 5.16 Å². The van der Waals surface area contributed by atoms with Crippen molar-refractivity contribution in [3.8, 4) is 0 Å². The van der Waals surface area contributed by atoms with Gasteiger partial charge in [0.2, 0.25) is 17.1 Å². The normalized spacial score (nSPS) is 11.6. The van der Waals surface area contributed by atoms with E-state index in [1.54, 1.807) is 0 Å². The van der Waals surface area contributed by atoms with E-state index in [9.17, 15) is 9.59 Å². The summed E-state index contributed by atoms with van der Waals surface area (Å²) in [7, 11) is 0. The molecule has 106 valence electrons. The Hall–Kier alpha value is -1.45. The summed E-state index contributed by atoms with van der Waals surface area (Å²) in [6, 6.07) is 0. The Morgan fingerprint density at radius 3 is 2.47 bits per heavy atom. The molecule has 0 radical (unpaired) electrons. The van der Waals surface area contributed by atoms with Crippen molar-refractivity contribution in [1.29, 1.82) is 0 Å². The lowest BCUT2D eigenvalue weighted by Crippen LogP contribution is -2.33. The van der Waals surface area contributed by atoms with Gasteiger partial charge in [-0.05, 0) is 25.4 Å². The lowest BCUT2D eigenvalue weighted by Gasteiger charge is -2.16. The number of anilines is 1. The zero-order chi connectivity index (χ0) is 13.9. The van der Waals surface area contributed by atoms with Gasteiger partial charge in [-0.3, -0.25) is 4.79 Å². The van der Waals surface area contributed by atoms with Crippen molar-refractivity contribution in [3.63, 3.8) is 0 Å². The van der Waals surface area contributed by atoms with Crippen LogP contribution in [0.3, 0.4) is 0 Å². The summed E-state index contributed by atoms with van der Waals surface area (Å²) in [4.78, 5) is 30.4. The first-order chi connectivity index (χ1) is 8.24. The van der Waals surface area contributed by atoms with Crippen molar-refractivity contribution in [2.24, 2.45) is 5.16 Å². The van der Waals surface area contributed by atoms with Crippen LogP contribution in [0.25, 0.3) is 0 Å². The number of carboxylic acids is 1. The number of halogens is 2. The van der Waals surface area contributed by atoms with Crippen LogP contribution in [0.4, 0.5) is 5.13 Å². The molecule has 1 aromatic heterocycles. The average molecular weight is 329 g/mol. The van der Waals surface area contributed by atoms with Crippen molar-refractivity contribution in [3.05, 3.63) is 5.82 Å². The highest BCUT2D eigenvalue weighted by Gasteiger charge is 2.31. The highest BCUT2D eigenvalue weighted by Crippen LogP contribution is 2.13. The van der Waals surface area contributed by atoms with E-state index in [4.69, 9.17) is 27.3 Å². The monoisotopic (exact) mass is 328 g/mol. The van der Waals surface area contributed by atoms with Crippen molar-refractivity contribution in [1.82, 2.24) is 9.36 Å². The third-order valence-corrected chi connectivity index (χ3v) is 2.44. The highest BCUT2D eigenvalue weighted by molar-refractivity contribution is 7.09. The first-order valence-electron chi connectivity index (χ1n) is 4.53. The molecule has 3 N–H and O–H groups in total. The Bertz CT molecular complexity index is 517. The van der Waals surface area contributed by atoms with Crippen molar-refractivity contribution in [2.45, 2.75) is 19.4 Å². The maximum Gasteiger partial charge on any atom is 0.350 e. The van der Waals surface area contributed by atoms with E-state index in [-0.39, 0.29) is 23.4 Å². The number of hydrogen-bond donors (Lipinski definition) is 2. The standard InChI is InChI=1S/C8H9ClN4O4S.ClH/c1-8(2,6(15)16)17-12-3(4(9)14)5-11-7(10)18-13-5;/h1-2H3,(H,15,16)(H2,10,11,13);1H/b12-3-;. The second-order valence-electron chi connectivity index (χ2n) is 3.58. The molecule has 0 aliphatic rings. The van der Waals surface area contributed by atoms with Crippen molar-refractivity contribution < 1.29 is 19.5 Å². The van der Waals surface area contributed by atoms with E-state index in [2.05, 4.69) is 14.5 Å². The van der Waals surface area contributed by atoms with Gasteiger partial charge in [0.1, 0.15) is 0 Å². The molecule has 1 aromatic rings. The van der Waals surface area contributed by atoms with Gasteiger partial charge in [-0.2, -0.15) is 9.36 Å². The topological polar surface area (TPSA) is 128 Å². The first-order valence-corrected chi connectivity index (χ1v) is 5.68. The number of nitrogens with two attached hydrogens (primary N) is 1. The Morgan fingerprint density at radius 1 is 1.53 bits per heavy atom. The molecule has 1 rings (SSSR count). The fourth-order valence-corrected chi connectivity index (χ4v) is 1.25. The SMILES string of the molecule is CC(C)(O/N=C(/C(=O)Cl)c1nsc(N)n1)C(=O)O.Cl. The molecular formula is C8H10Cl2N4O4S. The minimum atomic E-state index is -1.61. The molecule has 19 heavy (non-hydrogen) atoms. The molecule has 0 unspecified atom stereocenters. The average Bonchev–Trinajstić information content (AvgIpc) is 2.64. The van der Waals surface area contributed by atoms with E-state index in [1.165, 1.54) is 13.8 Å². The quantitative estimate of drug-likeness (QED) is 0.466. The van der Waals surface area contributed by atoms with Crippen molar-refractivity contribution >= 4 is 57.6 Å². The molecule has 0 fully saturated rings. The third-order valence-electron chi connectivity index (χ3n) is 1.72. The van der Waals surface area contributed by atoms with Gasteiger partial charge in [0.15, 0.2) is 5.13 Å². The first kappa shape index (κ1) is 17.6. The predicted octanol–water partition coefficient (Wildman–Crippen LogP) is 0.891. The van der Waals surface area contributed by atoms with Crippen LogP contribution < -0.4 is 5.73 Å². The van der Waals surface area contributed by atoms with Gasteiger partial charge in [0.25, 0.3) is 5.24 Å². The van der Waals surface area contributed by atoms with Crippen LogP contribution in [-0.4, -0.2) is 37.0 Å². The number of oxime groups is 1. The molecule has 0 saturated heterocycles. The molecule has 0 atom stereocenters. The molecule has 1 heterocycles. The zero-order valence-electron chi connectivity index (χ0n) is 9.79. The zero-order valence-corrected chi connectivity index (χ0v) is 12.2. The molecule has 0 aromatic carbocycles. The number of carbonyl (C=O) groups is 2. The van der Waals surface area contributed by atoms with E-state index >= 15 is 0 Å². The molecule has 0 bridgehead atoms. The Balaban J connectivity index is 0.00000324. The van der Waals surface area contributed by atoms with Gasteiger partial charge in [0.05, 0.1) is 0 Å². The van der Waals surface area contributed by atoms with Crippen LogP contribution in [0.15, 0.2) is 5.16 Å². The lowest BCUT2D eigenvalue weighted by molar-refractivity contribution is -0.161. The Morgan fingerprint density at radius 2 is 2.11 bits per heavy atom. The minimum absolute atomic E-state index is 0. The second-order valence-corrected chi connectivity index (χ2v) is 4.70. The maximum absolute atomic E-state index is 11.1. The number of hydrogen-bond acceptors (Lipinski definition) is 8. The maximum atomic E-state index is 11.1. The van der Waals surface area contributed by atoms with Crippen LogP contribution in [-0.2, 0) is 14.4 Å². The molecule has 0 aliphatic carbocycles. The third kappa shape index (κ3) is 4.62. The summed E-state index contributed by atoms with van der Waals surface area (Å²) >= 11 is 6.13. The summed E-state index contributed by atoms with van der Waals surface area (Å²) in [5.41, 5.74) is 3.33. The molecule has 0 aliphatic heterocycles. The van der Waals surface area contributed by atoms with Crippen LogP contribution >= 0.6 is 35.5 Å². The summed E-state index contributed by atoms with van der Waals surface area (Å²) in [5.74, 6) is -1.36. The largest absolute Gasteiger partial charge is 0.478 e. The number of rotatable bonds is 5. The summed E-state index contributed by atoms with van der Waals surface area (Å²) in [5, 5.41) is 11.3. The number of carbonyl (C=O) groups excluding carboxylic acids is 1. The van der Waals surface area contributed by atoms with Gasteiger partial charge in [0, 0.05) is 11.5 Å². The molecule has 0 saturated carbocycles. The fourth-order valence-electron chi connectivity index (χ4n) is 0.695. The minimum Gasteiger partial charge on any atom is -0.478 e. The number of aromatic nitrogens is 2. The Labute approximate surface area is 123 Å². The molecular weight excluding hydrogens is 319 g/mol. The van der Waals surface area contributed by atoms with Crippen LogP contribution in [0.2, 0.25) is 0 Å². The van der Waals surface area contributed by atoms with E-state index in [0.29, 0.717) is 0 Å². The van der Waals surface area contributed by atoms with E-state index in [0.717, 1.165) is 11.5 Å².